The third kappa shape index (κ3) is 1.50. The number of fused-ring (bicyclic) bond motifs is 1. The van der Waals surface area contributed by atoms with Crippen LogP contribution in [0, 0.1) is 0 Å². The fourth-order valence-electron chi connectivity index (χ4n) is 3.28. The predicted molar refractivity (Wildman–Crippen MR) is 66.2 cm³/mol. The summed E-state index contributed by atoms with van der Waals surface area (Å²) in [6.07, 6.45) is 5.35. The van der Waals surface area contributed by atoms with Crippen LogP contribution in [0.15, 0.2) is 30.3 Å². The minimum atomic E-state index is 0.0823. The van der Waals surface area contributed by atoms with Gasteiger partial charge in [0.2, 0.25) is 0 Å². The van der Waals surface area contributed by atoms with Gasteiger partial charge in [-0.05, 0) is 25.2 Å². The van der Waals surface area contributed by atoms with Crippen molar-refractivity contribution in [2.24, 2.45) is 0 Å². The minimum absolute atomic E-state index is 0.0823. The van der Waals surface area contributed by atoms with Gasteiger partial charge in [0, 0.05) is 0 Å². The molecule has 3 heteroatoms. The van der Waals surface area contributed by atoms with Crippen LogP contribution < -0.4 is 5.23 Å². The summed E-state index contributed by atoms with van der Waals surface area (Å²) < 4.78 is 6.01. The first-order chi connectivity index (χ1) is 7.81. The van der Waals surface area contributed by atoms with Crippen molar-refractivity contribution in [2.75, 3.05) is 0 Å². The fourth-order valence-corrected chi connectivity index (χ4v) is 3.28. The van der Waals surface area contributed by atoms with Crippen LogP contribution in [0.2, 0.25) is 6.82 Å². The summed E-state index contributed by atoms with van der Waals surface area (Å²) in [5.41, 5.74) is 1.47. The molecule has 1 aliphatic carbocycles. The van der Waals surface area contributed by atoms with Gasteiger partial charge in [0.1, 0.15) is 0 Å². The summed E-state index contributed by atoms with van der Waals surface area (Å²) >= 11 is 0. The first-order valence-corrected chi connectivity index (χ1v) is 6.30. The second-order valence-electron chi connectivity index (χ2n) is 4.99. The van der Waals surface area contributed by atoms with Crippen LogP contribution in [0.5, 0.6) is 0 Å². The SMILES string of the molecule is CB1N[C@]2(c3ccccc3)CCCC[C@@H]2O1. The zero-order valence-electron chi connectivity index (χ0n) is 9.78. The van der Waals surface area contributed by atoms with E-state index in [-0.39, 0.29) is 12.6 Å². The van der Waals surface area contributed by atoms with Crippen LogP contribution in [-0.2, 0) is 10.2 Å². The van der Waals surface area contributed by atoms with Gasteiger partial charge in [-0.25, -0.2) is 0 Å². The van der Waals surface area contributed by atoms with E-state index in [1.807, 2.05) is 0 Å². The molecule has 2 atom stereocenters. The topological polar surface area (TPSA) is 21.3 Å². The molecule has 1 heterocycles. The van der Waals surface area contributed by atoms with E-state index in [4.69, 9.17) is 4.65 Å². The quantitative estimate of drug-likeness (QED) is 0.727. The Morgan fingerprint density at radius 1 is 1.31 bits per heavy atom. The smallest absolute Gasteiger partial charge is 0.377 e. The molecule has 1 aromatic rings. The lowest BCUT2D eigenvalue weighted by Gasteiger charge is -2.39. The minimum Gasteiger partial charge on any atom is -0.417 e. The number of hydrogen-bond donors (Lipinski definition) is 1. The molecular weight excluding hydrogens is 197 g/mol. The summed E-state index contributed by atoms with van der Waals surface area (Å²) in [4.78, 5) is 0. The molecule has 0 spiro atoms. The van der Waals surface area contributed by atoms with Crippen LogP contribution in [0.3, 0.4) is 0 Å². The van der Waals surface area contributed by atoms with E-state index in [2.05, 4.69) is 42.4 Å². The highest BCUT2D eigenvalue weighted by atomic mass is 16.5. The second kappa shape index (κ2) is 3.90. The molecule has 1 saturated carbocycles. The lowest BCUT2D eigenvalue weighted by Crippen LogP contribution is -2.48. The van der Waals surface area contributed by atoms with E-state index in [1.165, 1.54) is 31.2 Å². The number of nitrogens with one attached hydrogen (secondary N) is 1. The largest absolute Gasteiger partial charge is 0.417 e. The van der Waals surface area contributed by atoms with Crippen molar-refractivity contribution in [1.29, 1.82) is 0 Å². The molecule has 0 amide bonds. The van der Waals surface area contributed by atoms with Crippen LogP contribution in [-0.4, -0.2) is 13.2 Å². The van der Waals surface area contributed by atoms with Crippen molar-refractivity contribution >= 4 is 7.05 Å². The van der Waals surface area contributed by atoms with Gasteiger partial charge in [-0.2, -0.15) is 0 Å². The summed E-state index contributed by atoms with van der Waals surface area (Å²) in [7, 11) is 0.184. The van der Waals surface area contributed by atoms with Crippen molar-refractivity contribution in [3.8, 4) is 0 Å². The predicted octanol–water partition coefficient (Wildman–Crippen LogP) is 2.56. The molecule has 0 bridgehead atoms. The van der Waals surface area contributed by atoms with E-state index in [9.17, 15) is 0 Å². The Morgan fingerprint density at radius 3 is 2.94 bits per heavy atom. The molecule has 16 heavy (non-hydrogen) atoms. The summed E-state index contributed by atoms with van der Waals surface area (Å²) in [6.45, 7) is 2.11. The maximum Gasteiger partial charge on any atom is 0.377 e. The Balaban J connectivity index is 2.00. The van der Waals surface area contributed by atoms with E-state index >= 15 is 0 Å². The van der Waals surface area contributed by atoms with Crippen molar-refractivity contribution in [2.45, 2.75) is 44.1 Å². The molecule has 3 rings (SSSR count). The van der Waals surface area contributed by atoms with Crippen LogP contribution >= 0.6 is 0 Å². The summed E-state index contributed by atoms with van der Waals surface area (Å²) in [5.74, 6) is 0. The van der Waals surface area contributed by atoms with Gasteiger partial charge in [-0.15, -0.1) is 0 Å². The van der Waals surface area contributed by atoms with Gasteiger partial charge in [0.25, 0.3) is 0 Å². The average molecular weight is 215 g/mol. The highest BCUT2D eigenvalue weighted by molar-refractivity contribution is 6.48. The highest BCUT2D eigenvalue weighted by Crippen LogP contribution is 2.42. The normalized spacial score (nSPS) is 33.8. The second-order valence-corrected chi connectivity index (χ2v) is 4.99. The first-order valence-electron chi connectivity index (χ1n) is 6.30. The molecule has 2 nitrogen and oxygen atoms in total. The van der Waals surface area contributed by atoms with Crippen molar-refractivity contribution in [3.63, 3.8) is 0 Å². The van der Waals surface area contributed by atoms with Crippen molar-refractivity contribution in [1.82, 2.24) is 5.23 Å². The Hall–Kier alpha value is -0.795. The lowest BCUT2D eigenvalue weighted by molar-refractivity contribution is 0.100. The molecule has 84 valence electrons. The Bertz CT molecular complexity index is 369. The monoisotopic (exact) mass is 215 g/mol. The third-order valence-corrected chi connectivity index (χ3v) is 3.96. The number of benzene rings is 1. The lowest BCUT2D eigenvalue weighted by atomic mass is 9.73. The van der Waals surface area contributed by atoms with Gasteiger partial charge in [0.15, 0.2) is 0 Å². The third-order valence-electron chi connectivity index (χ3n) is 3.96. The average Bonchev–Trinajstić information content (AvgIpc) is 2.67. The first kappa shape index (κ1) is 10.4. The molecule has 0 unspecified atom stereocenters. The molecule has 0 aromatic heterocycles. The Morgan fingerprint density at radius 2 is 2.12 bits per heavy atom. The van der Waals surface area contributed by atoms with Gasteiger partial charge in [-0.3, -0.25) is 0 Å². The molecule has 0 radical (unpaired) electrons. The van der Waals surface area contributed by atoms with Crippen molar-refractivity contribution < 1.29 is 4.65 Å². The van der Waals surface area contributed by atoms with E-state index in [0.29, 0.717) is 6.10 Å². The number of hydrogen-bond acceptors (Lipinski definition) is 2. The molecule has 1 N–H and O–H groups in total. The maximum absolute atomic E-state index is 6.01. The molecule has 1 saturated heterocycles. The molecule has 1 aromatic carbocycles. The van der Waals surface area contributed by atoms with Gasteiger partial charge >= 0.3 is 7.05 Å². The molecule has 2 fully saturated rings. The van der Waals surface area contributed by atoms with Gasteiger partial charge in [-0.1, -0.05) is 43.2 Å². The van der Waals surface area contributed by atoms with Crippen molar-refractivity contribution in [3.05, 3.63) is 35.9 Å². The maximum atomic E-state index is 6.01. The summed E-state index contributed by atoms with van der Waals surface area (Å²) in [6, 6.07) is 10.8. The Kier molecular flexibility index (Phi) is 2.53. The fraction of sp³-hybridized carbons (Fsp3) is 0.538. The number of rotatable bonds is 1. The van der Waals surface area contributed by atoms with Gasteiger partial charge in [0.05, 0.1) is 11.6 Å². The van der Waals surface area contributed by atoms with E-state index < -0.39 is 0 Å². The van der Waals surface area contributed by atoms with Gasteiger partial charge < -0.3 is 9.88 Å². The zero-order valence-corrected chi connectivity index (χ0v) is 9.78. The molecule has 2 aliphatic rings. The van der Waals surface area contributed by atoms with Crippen LogP contribution in [0.4, 0.5) is 0 Å². The zero-order chi connectivity index (χ0) is 11.0. The highest BCUT2D eigenvalue weighted by Gasteiger charge is 2.49. The van der Waals surface area contributed by atoms with E-state index in [0.717, 1.165) is 0 Å². The Labute approximate surface area is 97.5 Å². The molecular formula is C13H18BNO. The van der Waals surface area contributed by atoms with Crippen LogP contribution in [0.1, 0.15) is 31.2 Å². The van der Waals surface area contributed by atoms with Crippen LogP contribution in [0.25, 0.3) is 0 Å². The molecule has 1 aliphatic heterocycles. The van der Waals surface area contributed by atoms with E-state index in [1.54, 1.807) is 0 Å². The standard InChI is InChI=1S/C13H18BNO/c1-14-15-13(11-7-3-2-4-8-11)10-6-5-9-12(13)16-14/h2-4,7-8,12,15H,5-6,9-10H2,1H3/t12-,13-/m0/s1. The summed E-state index contributed by atoms with van der Waals surface area (Å²) in [5, 5.41) is 3.66.